The van der Waals surface area contributed by atoms with E-state index < -0.39 is 16.1 Å². The topological polar surface area (TPSA) is 143 Å². The lowest BCUT2D eigenvalue weighted by atomic mass is 10.0. The zero-order valence-electron chi connectivity index (χ0n) is 19.1. The fourth-order valence-electron chi connectivity index (χ4n) is 3.52. The maximum absolute atomic E-state index is 13.4. The molecule has 0 saturated carbocycles. The highest BCUT2D eigenvalue weighted by molar-refractivity contribution is 7.87. The van der Waals surface area contributed by atoms with Crippen molar-refractivity contribution in [3.63, 3.8) is 0 Å². The van der Waals surface area contributed by atoms with Crippen molar-refractivity contribution in [1.82, 2.24) is 14.6 Å². The fourth-order valence-corrected chi connectivity index (χ4v) is 5.07. The van der Waals surface area contributed by atoms with Gasteiger partial charge < -0.3 is 10.0 Å². The predicted octanol–water partition coefficient (Wildman–Crippen LogP) is 3.33. The van der Waals surface area contributed by atoms with Crippen molar-refractivity contribution >= 4 is 45.0 Å². The summed E-state index contributed by atoms with van der Waals surface area (Å²) in [5.41, 5.74) is 2.42. The monoisotopic (exact) mass is 536 g/mol. The van der Waals surface area contributed by atoms with Gasteiger partial charge in [-0.1, -0.05) is 41.9 Å². The van der Waals surface area contributed by atoms with E-state index in [9.17, 15) is 23.1 Å². The van der Waals surface area contributed by atoms with Crippen molar-refractivity contribution in [3.8, 4) is 5.75 Å². The zero-order valence-corrected chi connectivity index (χ0v) is 21.5. The van der Waals surface area contributed by atoms with E-state index in [-0.39, 0.29) is 28.2 Å². The number of phenolic OH excluding ortho intramolecular Hbond substituents is 1. The molecule has 4 N–H and O–H groups in total. The summed E-state index contributed by atoms with van der Waals surface area (Å²) < 4.78 is 24.0. The molecule has 0 spiro atoms. The number of rotatable bonds is 9. The molecule has 0 saturated heterocycles. The van der Waals surface area contributed by atoms with Gasteiger partial charge in [0.05, 0.1) is 6.54 Å². The first kappa shape index (κ1) is 26.6. The number of nitrogens with zero attached hydrogens (tertiary/aromatic N) is 2. The number of halogens is 1. The Morgan fingerprint density at radius 1 is 1.17 bits per heavy atom. The molecule has 186 valence electrons. The van der Waals surface area contributed by atoms with Crippen LogP contribution in [0, 0.1) is 13.8 Å². The van der Waals surface area contributed by atoms with Crippen molar-refractivity contribution in [2.24, 2.45) is 5.14 Å². The highest BCUT2D eigenvalue weighted by Crippen LogP contribution is 2.27. The number of aryl methyl sites for hydroxylation is 3. The van der Waals surface area contributed by atoms with Gasteiger partial charge in [-0.3, -0.25) is 9.59 Å². The molecule has 1 aromatic heterocycles. The molecule has 35 heavy (non-hydrogen) atoms. The molecule has 3 rings (SSSR count). The van der Waals surface area contributed by atoms with Crippen molar-refractivity contribution in [1.29, 1.82) is 0 Å². The van der Waals surface area contributed by atoms with Gasteiger partial charge in [0.2, 0.25) is 0 Å². The third-order valence-electron chi connectivity index (χ3n) is 5.17. The molecule has 0 aliphatic carbocycles. The first-order chi connectivity index (χ1) is 16.4. The van der Waals surface area contributed by atoms with Crippen molar-refractivity contribution in [2.45, 2.75) is 33.2 Å². The van der Waals surface area contributed by atoms with Gasteiger partial charge in [0.1, 0.15) is 15.1 Å². The largest absolute Gasteiger partial charge is 0.507 e. The Kier molecular flexibility index (Phi) is 8.49. The predicted molar refractivity (Wildman–Crippen MR) is 135 cm³/mol. The molecule has 12 heteroatoms. The normalized spacial score (nSPS) is 11.3. The summed E-state index contributed by atoms with van der Waals surface area (Å²) in [5.74, 6) is -1.19. The fraction of sp³-hybridized carbons (Fsp3) is 0.261. The maximum Gasteiger partial charge on any atom is 0.299 e. The van der Waals surface area contributed by atoms with E-state index in [1.807, 2.05) is 30.3 Å². The van der Waals surface area contributed by atoms with E-state index in [4.69, 9.17) is 16.7 Å². The number of aromatic nitrogens is 1. The van der Waals surface area contributed by atoms with Crippen LogP contribution in [0.15, 0.2) is 42.5 Å². The van der Waals surface area contributed by atoms with Crippen molar-refractivity contribution in [3.05, 3.63) is 79.8 Å². The molecule has 0 bridgehead atoms. The number of nitrogens with two attached hydrogens (primary N) is 1. The number of carbonyl (C=O) groups is 2. The summed E-state index contributed by atoms with van der Waals surface area (Å²) in [4.78, 5) is 31.3. The number of benzene rings is 2. The average Bonchev–Trinajstić information content (AvgIpc) is 3.15. The quantitative estimate of drug-likeness (QED) is 0.383. The number of carbonyl (C=O) groups excluding carboxylic acids is 2. The third-order valence-corrected chi connectivity index (χ3v) is 6.88. The summed E-state index contributed by atoms with van der Waals surface area (Å²) >= 11 is 7.09. The van der Waals surface area contributed by atoms with Crippen molar-refractivity contribution in [2.75, 3.05) is 6.54 Å². The van der Waals surface area contributed by atoms with Gasteiger partial charge in [-0.15, -0.1) is 11.3 Å². The van der Waals surface area contributed by atoms with Crippen LogP contribution in [0.3, 0.4) is 0 Å². The summed E-state index contributed by atoms with van der Waals surface area (Å²) in [6.45, 7) is 3.88. The van der Waals surface area contributed by atoms with E-state index in [0.717, 1.165) is 23.3 Å². The Hall–Kier alpha value is -2.99. The molecule has 1 heterocycles. The van der Waals surface area contributed by atoms with Crippen LogP contribution in [0.1, 0.15) is 49.0 Å². The van der Waals surface area contributed by atoms with E-state index in [1.54, 1.807) is 35.6 Å². The summed E-state index contributed by atoms with van der Waals surface area (Å²) in [5, 5.41) is 15.3. The van der Waals surface area contributed by atoms with E-state index in [0.29, 0.717) is 34.7 Å². The molecule has 0 aliphatic rings. The second-order valence-electron chi connectivity index (χ2n) is 7.98. The van der Waals surface area contributed by atoms with Crippen LogP contribution >= 0.6 is 22.9 Å². The number of nitrogens with one attached hydrogen (secondary N) is 1. The minimum Gasteiger partial charge on any atom is -0.507 e. The van der Waals surface area contributed by atoms with Gasteiger partial charge in [0.25, 0.3) is 22.0 Å². The number of hydrogen-bond acceptors (Lipinski definition) is 7. The molecular formula is C23H25ClN4O5S2. The number of phenols is 1. The van der Waals surface area contributed by atoms with E-state index in [1.165, 1.54) is 0 Å². The number of amides is 2. The molecule has 0 aliphatic heterocycles. The van der Waals surface area contributed by atoms with Crippen LogP contribution in [0.5, 0.6) is 5.75 Å². The maximum atomic E-state index is 13.4. The minimum atomic E-state index is -4.28. The van der Waals surface area contributed by atoms with E-state index >= 15 is 0 Å². The van der Waals surface area contributed by atoms with Gasteiger partial charge in [0, 0.05) is 12.1 Å². The number of hydrogen-bond donors (Lipinski definition) is 3. The summed E-state index contributed by atoms with van der Waals surface area (Å²) in [7, 11) is -4.28. The first-order valence-electron chi connectivity index (χ1n) is 10.6. The van der Waals surface area contributed by atoms with Gasteiger partial charge >= 0.3 is 0 Å². The minimum absolute atomic E-state index is 0.0193. The molecule has 2 aromatic carbocycles. The molecule has 0 unspecified atom stereocenters. The Bertz CT molecular complexity index is 1320. The van der Waals surface area contributed by atoms with Crippen LogP contribution < -0.4 is 9.86 Å². The SMILES string of the molecule is Cc1cc(C(=O)N(CCCc2ccccc2)Cc2nc(C(=O)NS(N)(=O)=O)c(Cl)s2)cc(C)c1O. The Morgan fingerprint density at radius 3 is 2.40 bits per heavy atom. The summed E-state index contributed by atoms with van der Waals surface area (Å²) in [6.07, 6.45) is 1.42. The van der Waals surface area contributed by atoms with Gasteiger partial charge in [-0.25, -0.2) is 14.8 Å². The molecule has 2 amide bonds. The summed E-state index contributed by atoms with van der Waals surface area (Å²) in [6, 6.07) is 13.1. The second kappa shape index (κ2) is 11.2. The van der Waals surface area contributed by atoms with Crippen LogP contribution in [0.2, 0.25) is 4.34 Å². The van der Waals surface area contributed by atoms with Gasteiger partial charge in [-0.2, -0.15) is 8.42 Å². The molecule has 0 fully saturated rings. The number of thiazole rings is 1. The smallest absolute Gasteiger partial charge is 0.299 e. The zero-order chi connectivity index (χ0) is 25.8. The first-order valence-corrected chi connectivity index (χ1v) is 13.3. The Balaban J connectivity index is 1.84. The lowest BCUT2D eigenvalue weighted by Crippen LogP contribution is -2.36. The molecule has 0 radical (unpaired) electrons. The molecular weight excluding hydrogens is 512 g/mol. The molecule has 0 atom stereocenters. The van der Waals surface area contributed by atoms with Crippen LogP contribution in [-0.2, 0) is 23.2 Å². The number of aromatic hydroxyl groups is 1. The molecule has 9 nitrogen and oxygen atoms in total. The average molecular weight is 537 g/mol. The van der Waals surface area contributed by atoms with Crippen LogP contribution in [0.25, 0.3) is 0 Å². The van der Waals surface area contributed by atoms with Crippen LogP contribution in [0.4, 0.5) is 0 Å². The van der Waals surface area contributed by atoms with Crippen LogP contribution in [-0.4, -0.2) is 41.8 Å². The Morgan fingerprint density at radius 2 is 1.80 bits per heavy atom. The standard InChI is InChI=1S/C23H25ClN4O5S2/c1-14-11-17(12-15(2)20(14)29)23(31)28(10-6-9-16-7-4-3-5-8-16)13-18-26-19(21(24)34-18)22(30)27-35(25,32)33/h3-5,7-8,11-12,29H,6,9-10,13H2,1-2H3,(H,27,30)(H2,25,32,33). The van der Waals surface area contributed by atoms with Gasteiger partial charge in [0.15, 0.2) is 5.69 Å². The molecule has 3 aromatic rings. The second-order valence-corrected chi connectivity index (χ2v) is 11.0. The lowest BCUT2D eigenvalue weighted by molar-refractivity contribution is 0.0741. The lowest BCUT2D eigenvalue weighted by Gasteiger charge is -2.22. The highest BCUT2D eigenvalue weighted by Gasteiger charge is 2.23. The highest BCUT2D eigenvalue weighted by atomic mass is 35.5. The van der Waals surface area contributed by atoms with Crippen molar-refractivity contribution < 1.29 is 23.1 Å². The Labute approximate surface area is 212 Å². The third kappa shape index (κ3) is 7.25. The van der Waals surface area contributed by atoms with Gasteiger partial charge in [-0.05, 0) is 55.5 Å². The van der Waals surface area contributed by atoms with E-state index in [2.05, 4.69) is 4.98 Å².